The van der Waals surface area contributed by atoms with Gasteiger partial charge in [0.1, 0.15) is 11.2 Å². The summed E-state index contributed by atoms with van der Waals surface area (Å²) >= 11 is 0. The molecule has 4 heteroatoms. The first-order valence-electron chi connectivity index (χ1n) is 10.9. The van der Waals surface area contributed by atoms with Crippen LogP contribution >= 0.6 is 0 Å². The fourth-order valence-electron chi connectivity index (χ4n) is 4.30. The van der Waals surface area contributed by atoms with E-state index in [1.165, 1.54) is 0 Å². The smallest absolute Gasteiger partial charge is 0.169 e. The predicted molar refractivity (Wildman–Crippen MR) is 124 cm³/mol. The number of aliphatic hydroxyl groups is 1. The zero-order valence-electron chi connectivity index (χ0n) is 18.0. The second-order valence-corrected chi connectivity index (χ2v) is 8.17. The Morgan fingerprint density at radius 1 is 0.938 bits per heavy atom. The van der Waals surface area contributed by atoms with Crippen molar-refractivity contribution in [2.45, 2.75) is 30.1 Å². The number of carbonyl (C=O) groups excluding carboxylic acids is 1. The summed E-state index contributed by atoms with van der Waals surface area (Å²) in [6, 6.07) is 30.2. The number of hydrogen-bond donors (Lipinski definition) is 1. The molecule has 0 radical (unpaired) electrons. The molecule has 1 aliphatic heterocycles. The van der Waals surface area contributed by atoms with E-state index in [1.54, 1.807) is 6.08 Å². The van der Waals surface area contributed by atoms with Crippen LogP contribution in [-0.4, -0.2) is 35.8 Å². The van der Waals surface area contributed by atoms with Gasteiger partial charge >= 0.3 is 0 Å². The highest BCUT2D eigenvalue weighted by Crippen LogP contribution is 2.41. The monoisotopic (exact) mass is 428 g/mol. The molecule has 0 bridgehead atoms. The fourth-order valence-corrected chi connectivity index (χ4v) is 4.30. The van der Waals surface area contributed by atoms with Gasteiger partial charge in [0, 0.05) is 12.8 Å². The van der Waals surface area contributed by atoms with Crippen molar-refractivity contribution in [2.75, 3.05) is 13.2 Å². The molecule has 0 unspecified atom stereocenters. The molecule has 3 aromatic rings. The zero-order valence-corrected chi connectivity index (χ0v) is 18.0. The number of ketones is 1. The fraction of sp³-hybridized carbons (Fsp3) is 0.250. The molecular weight excluding hydrogens is 400 g/mol. The highest BCUT2D eigenvalue weighted by molar-refractivity contribution is 5.88. The summed E-state index contributed by atoms with van der Waals surface area (Å²) in [6.07, 6.45) is 1.38. The Morgan fingerprint density at radius 2 is 1.41 bits per heavy atom. The van der Waals surface area contributed by atoms with Crippen LogP contribution in [0.3, 0.4) is 0 Å². The Bertz CT molecular complexity index is 936. The van der Waals surface area contributed by atoms with Gasteiger partial charge in [-0.3, -0.25) is 4.79 Å². The van der Waals surface area contributed by atoms with E-state index in [1.807, 2.05) is 54.6 Å². The van der Waals surface area contributed by atoms with Crippen LogP contribution in [0.4, 0.5) is 0 Å². The van der Waals surface area contributed by atoms with Crippen molar-refractivity contribution in [1.82, 2.24) is 0 Å². The third kappa shape index (κ3) is 4.30. The van der Waals surface area contributed by atoms with E-state index >= 15 is 0 Å². The third-order valence-electron chi connectivity index (χ3n) is 6.00. The van der Waals surface area contributed by atoms with E-state index in [0.29, 0.717) is 0 Å². The largest absolute Gasteiger partial charge is 0.379 e. The van der Waals surface area contributed by atoms with Crippen LogP contribution in [0.5, 0.6) is 0 Å². The average Bonchev–Trinajstić information content (AvgIpc) is 2.84. The Balaban J connectivity index is 1.70. The number of ether oxygens (including phenoxy) is 2. The number of hydrogen-bond acceptors (Lipinski definition) is 4. The number of Topliss-reactive ketones (excluding diaryl/α,β-unsaturated/α-hetero) is 1. The predicted octanol–water partition coefficient (Wildman–Crippen LogP) is 4.66. The second kappa shape index (κ2) is 9.61. The van der Waals surface area contributed by atoms with Gasteiger partial charge in [0.2, 0.25) is 0 Å². The van der Waals surface area contributed by atoms with Crippen LogP contribution in [0.2, 0.25) is 0 Å². The molecule has 0 aliphatic carbocycles. The SMILES string of the molecule is C=CC[C@@]1(O)CO[C@H](COC(c2ccccc2)(c2ccccc2)c2ccccc2)CC1=O. The number of benzene rings is 3. The van der Waals surface area contributed by atoms with Crippen LogP contribution in [0.1, 0.15) is 29.5 Å². The summed E-state index contributed by atoms with van der Waals surface area (Å²) in [5.74, 6) is -0.234. The Kier molecular flexibility index (Phi) is 6.66. The van der Waals surface area contributed by atoms with Crippen LogP contribution in [0, 0.1) is 0 Å². The van der Waals surface area contributed by atoms with E-state index < -0.39 is 17.3 Å². The van der Waals surface area contributed by atoms with Crippen LogP contribution < -0.4 is 0 Å². The molecule has 3 aromatic carbocycles. The molecular formula is C28H28O4. The van der Waals surface area contributed by atoms with Crippen molar-refractivity contribution in [3.05, 3.63) is 120 Å². The molecule has 1 heterocycles. The lowest BCUT2D eigenvalue weighted by atomic mass is 9.80. The van der Waals surface area contributed by atoms with Crippen LogP contribution in [-0.2, 0) is 19.9 Å². The molecule has 164 valence electrons. The van der Waals surface area contributed by atoms with Gasteiger partial charge in [-0.05, 0) is 16.7 Å². The van der Waals surface area contributed by atoms with Gasteiger partial charge in [-0.25, -0.2) is 0 Å². The summed E-state index contributed by atoms with van der Waals surface area (Å²) in [4.78, 5) is 12.6. The summed E-state index contributed by atoms with van der Waals surface area (Å²) in [6.45, 7) is 3.78. The van der Waals surface area contributed by atoms with E-state index in [0.717, 1.165) is 16.7 Å². The molecule has 0 aromatic heterocycles. The van der Waals surface area contributed by atoms with Crippen molar-refractivity contribution in [3.63, 3.8) is 0 Å². The minimum absolute atomic E-state index is 0.0547. The zero-order chi connectivity index (χ0) is 22.4. The molecule has 4 rings (SSSR count). The maximum Gasteiger partial charge on any atom is 0.169 e. The van der Waals surface area contributed by atoms with E-state index in [2.05, 4.69) is 43.0 Å². The number of rotatable bonds is 8. The molecule has 0 spiro atoms. The van der Waals surface area contributed by atoms with Crippen LogP contribution in [0.15, 0.2) is 104 Å². The summed E-state index contributed by atoms with van der Waals surface area (Å²) in [7, 11) is 0. The molecule has 1 N–H and O–H groups in total. The maximum atomic E-state index is 12.6. The average molecular weight is 429 g/mol. The first-order valence-corrected chi connectivity index (χ1v) is 10.9. The van der Waals surface area contributed by atoms with Gasteiger partial charge in [0.15, 0.2) is 5.78 Å². The van der Waals surface area contributed by atoms with E-state index in [4.69, 9.17) is 9.47 Å². The van der Waals surface area contributed by atoms with Gasteiger partial charge in [-0.15, -0.1) is 6.58 Å². The maximum absolute atomic E-state index is 12.6. The molecule has 2 atom stereocenters. The van der Waals surface area contributed by atoms with Crippen molar-refractivity contribution >= 4 is 5.78 Å². The van der Waals surface area contributed by atoms with Gasteiger partial charge in [0.05, 0.1) is 19.3 Å². The van der Waals surface area contributed by atoms with Gasteiger partial charge in [-0.1, -0.05) is 97.1 Å². The molecule has 1 aliphatic rings. The summed E-state index contributed by atoms with van der Waals surface area (Å²) in [5, 5.41) is 10.5. The lowest BCUT2D eigenvalue weighted by Gasteiger charge is -2.39. The minimum Gasteiger partial charge on any atom is -0.379 e. The number of carbonyl (C=O) groups is 1. The van der Waals surface area contributed by atoms with Crippen molar-refractivity contribution < 1.29 is 19.4 Å². The van der Waals surface area contributed by atoms with Crippen molar-refractivity contribution in [1.29, 1.82) is 0 Å². The molecule has 32 heavy (non-hydrogen) atoms. The molecule has 4 nitrogen and oxygen atoms in total. The third-order valence-corrected chi connectivity index (χ3v) is 6.00. The summed E-state index contributed by atoms with van der Waals surface area (Å²) in [5.41, 5.74) is 0.603. The topological polar surface area (TPSA) is 55.8 Å². The highest BCUT2D eigenvalue weighted by atomic mass is 16.6. The van der Waals surface area contributed by atoms with E-state index in [9.17, 15) is 9.90 Å². The second-order valence-electron chi connectivity index (χ2n) is 8.17. The Labute approximate surface area is 189 Å². The summed E-state index contributed by atoms with van der Waals surface area (Å²) < 4.78 is 12.6. The van der Waals surface area contributed by atoms with Gasteiger partial charge in [-0.2, -0.15) is 0 Å². The highest BCUT2D eigenvalue weighted by Gasteiger charge is 2.43. The lowest BCUT2D eigenvalue weighted by molar-refractivity contribution is -0.170. The molecule has 1 saturated heterocycles. The van der Waals surface area contributed by atoms with Gasteiger partial charge in [0.25, 0.3) is 0 Å². The molecule has 0 saturated carbocycles. The molecule has 0 amide bonds. The Hall–Kier alpha value is -3.05. The quantitative estimate of drug-likeness (QED) is 0.419. The standard InChI is InChI=1S/C28H28O4/c1-2-18-27(30)21-31-25(19-26(27)29)20-32-28(22-12-6-3-7-13-22,23-14-8-4-9-15-23)24-16-10-5-11-17-24/h2-17,25,30H,1,18-21H2/t25-,27+/m0/s1. The van der Waals surface area contributed by atoms with Crippen molar-refractivity contribution in [3.8, 4) is 0 Å². The first-order chi connectivity index (χ1) is 15.6. The van der Waals surface area contributed by atoms with Crippen molar-refractivity contribution in [2.24, 2.45) is 0 Å². The first kappa shape index (κ1) is 22.2. The van der Waals surface area contributed by atoms with Gasteiger partial charge < -0.3 is 14.6 Å². The normalized spacial score (nSPS) is 21.3. The minimum atomic E-state index is -1.49. The Morgan fingerprint density at radius 3 is 1.81 bits per heavy atom. The van der Waals surface area contributed by atoms with Crippen LogP contribution in [0.25, 0.3) is 0 Å². The molecule has 1 fully saturated rings. The lowest BCUT2D eigenvalue weighted by Crippen LogP contribution is -2.51. The van der Waals surface area contributed by atoms with E-state index in [-0.39, 0.29) is 31.8 Å².